The van der Waals surface area contributed by atoms with E-state index in [0.29, 0.717) is 12.1 Å². The summed E-state index contributed by atoms with van der Waals surface area (Å²) < 4.78 is 14.5. The van der Waals surface area contributed by atoms with Gasteiger partial charge in [0.25, 0.3) is 11.7 Å². The number of nitrogens with zero attached hydrogens (tertiary/aromatic N) is 2. The molecule has 1 aliphatic rings. The summed E-state index contributed by atoms with van der Waals surface area (Å²) in [6.07, 6.45) is 0. The van der Waals surface area contributed by atoms with Crippen LogP contribution < -0.4 is 0 Å². The highest BCUT2D eigenvalue weighted by Gasteiger charge is 2.46. The fourth-order valence-electron chi connectivity index (χ4n) is 3.19. The Balaban J connectivity index is 2.17. The first-order valence-corrected chi connectivity index (χ1v) is 8.64. The van der Waals surface area contributed by atoms with E-state index >= 15 is 0 Å². The van der Waals surface area contributed by atoms with Gasteiger partial charge in [0.2, 0.25) is 0 Å². The van der Waals surface area contributed by atoms with E-state index in [9.17, 15) is 19.1 Å². The lowest BCUT2D eigenvalue weighted by Crippen LogP contribution is -2.35. The predicted molar refractivity (Wildman–Crippen MR) is 100 cm³/mol. The van der Waals surface area contributed by atoms with E-state index in [4.69, 9.17) is 0 Å². The van der Waals surface area contributed by atoms with E-state index in [2.05, 4.69) is 0 Å². The van der Waals surface area contributed by atoms with E-state index in [-0.39, 0.29) is 23.4 Å². The third kappa shape index (κ3) is 3.61. The highest BCUT2D eigenvalue weighted by Crippen LogP contribution is 2.40. The number of ketones is 1. The number of likely N-dealkylation sites (tertiary alicyclic amines) is 1. The normalized spacial score (nSPS) is 19.1. The van der Waals surface area contributed by atoms with Gasteiger partial charge in [-0.25, -0.2) is 4.39 Å². The second kappa shape index (κ2) is 7.72. The van der Waals surface area contributed by atoms with Crippen LogP contribution in [0.2, 0.25) is 0 Å². The number of Topliss-reactive ketones (excluding diaryl/α,β-unsaturated/α-hetero) is 1. The summed E-state index contributed by atoms with van der Waals surface area (Å²) in [5, 5.41) is 10.8. The number of halogens is 1. The van der Waals surface area contributed by atoms with Crippen LogP contribution in [-0.4, -0.2) is 53.8 Å². The van der Waals surface area contributed by atoms with Gasteiger partial charge >= 0.3 is 0 Å². The highest BCUT2D eigenvalue weighted by atomic mass is 19.1. The molecule has 3 rings (SSSR count). The fourth-order valence-corrected chi connectivity index (χ4v) is 3.19. The molecule has 1 amide bonds. The zero-order chi connectivity index (χ0) is 19.6. The third-order valence-corrected chi connectivity index (χ3v) is 4.58. The van der Waals surface area contributed by atoms with Crippen molar-refractivity contribution in [2.45, 2.75) is 6.04 Å². The molecule has 1 N–H and O–H groups in total. The van der Waals surface area contributed by atoms with Crippen molar-refractivity contribution in [2.75, 3.05) is 27.2 Å². The maximum atomic E-state index is 14.5. The Labute approximate surface area is 157 Å². The zero-order valence-corrected chi connectivity index (χ0v) is 15.2. The smallest absolute Gasteiger partial charge is 0.295 e. The average molecular weight is 368 g/mol. The van der Waals surface area contributed by atoms with Gasteiger partial charge in [-0.1, -0.05) is 48.5 Å². The molecular formula is C21H21FN2O3. The zero-order valence-electron chi connectivity index (χ0n) is 15.2. The Bertz CT molecular complexity index is 893. The van der Waals surface area contributed by atoms with Crippen LogP contribution in [0.1, 0.15) is 17.2 Å². The van der Waals surface area contributed by atoms with Crippen molar-refractivity contribution in [3.63, 3.8) is 0 Å². The molecule has 6 heteroatoms. The summed E-state index contributed by atoms with van der Waals surface area (Å²) >= 11 is 0. The van der Waals surface area contributed by atoms with Crippen LogP contribution in [0.25, 0.3) is 5.76 Å². The molecular weight excluding hydrogens is 347 g/mol. The van der Waals surface area contributed by atoms with E-state index in [1.54, 1.807) is 42.5 Å². The standard InChI is InChI=1S/C21H21FN2O3/c1-23(2)12-13-24-18(15-10-6-7-11-16(15)22)17(20(26)21(24)27)19(25)14-8-4-3-5-9-14/h3-11,18,25H,12-13H2,1-2H3/t18-/m0/s1. The molecule has 0 unspecified atom stereocenters. The Morgan fingerprint density at radius 1 is 1.07 bits per heavy atom. The van der Waals surface area contributed by atoms with Crippen LogP contribution in [0.4, 0.5) is 4.39 Å². The van der Waals surface area contributed by atoms with Crippen LogP contribution in [0.15, 0.2) is 60.2 Å². The van der Waals surface area contributed by atoms with Crippen molar-refractivity contribution in [1.29, 1.82) is 0 Å². The number of amides is 1. The Kier molecular flexibility index (Phi) is 5.37. The van der Waals surface area contributed by atoms with E-state index < -0.39 is 23.5 Å². The Morgan fingerprint density at radius 2 is 1.70 bits per heavy atom. The van der Waals surface area contributed by atoms with Crippen molar-refractivity contribution < 1.29 is 19.1 Å². The molecule has 0 spiro atoms. The van der Waals surface area contributed by atoms with E-state index in [0.717, 1.165) is 0 Å². The number of rotatable bonds is 5. The monoisotopic (exact) mass is 368 g/mol. The lowest BCUT2D eigenvalue weighted by molar-refractivity contribution is -0.140. The molecule has 1 heterocycles. The minimum atomic E-state index is -0.966. The quantitative estimate of drug-likeness (QED) is 0.501. The molecule has 1 fully saturated rings. The van der Waals surface area contributed by atoms with Crippen molar-refractivity contribution >= 4 is 17.4 Å². The van der Waals surface area contributed by atoms with Crippen molar-refractivity contribution in [3.8, 4) is 0 Å². The average Bonchev–Trinajstić information content (AvgIpc) is 2.91. The molecule has 0 saturated carbocycles. The maximum absolute atomic E-state index is 14.5. The van der Waals surface area contributed by atoms with Gasteiger partial charge in [-0.05, 0) is 20.2 Å². The second-order valence-corrected chi connectivity index (χ2v) is 6.68. The molecule has 0 bridgehead atoms. The SMILES string of the molecule is CN(C)CCN1C(=O)C(=O)C(=C(O)c2ccccc2)[C@@H]1c1ccccc1F. The number of hydrogen-bond donors (Lipinski definition) is 1. The Hall–Kier alpha value is -2.99. The first kappa shape index (κ1) is 18.8. The van der Waals surface area contributed by atoms with Crippen molar-refractivity contribution in [2.24, 2.45) is 0 Å². The van der Waals surface area contributed by atoms with E-state index in [1.165, 1.54) is 17.0 Å². The molecule has 5 nitrogen and oxygen atoms in total. The largest absolute Gasteiger partial charge is 0.507 e. The summed E-state index contributed by atoms with van der Waals surface area (Å²) in [7, 11) is 3.69. The predicted octanol–water partition coefficient (Wildman–Crippen LogP) is 2.81. The van der Waals surface area contributed by atoms with Gasteiger partial charge in [-0.3, -0.25) is 9.59 Å². The number of aliphatic hydroxyl groups excluding tert-OH is 1. The second-order valence-electron chi connectivity index (χ2n) is 6.68. The molecule has 0 radical (unpaired) electrons. The summed E-state index contributed by atoms with van der Waals surface area (Å²) in [6.45, 7) is 0.742. The summed E-state index contributed by atoms with van der Waals surface area (Å²) in [4.78, 5) is 28.6. The van der Waals surface area contributed by atoms with E-state index in [1.807, 2.05) is 19.0 Å². The van der Waals surface area contributed by atoms with Gasteiger partial charge in [-0.2, -0.15) is 0 Å². The minimum absolute atomic E-state index is 0.0879. The van der Waals surface area contributed by atoms with Gasteiger partial charge in [0.05, 0.1) is 11.6 Å². The number of benzene rings is 2. The van der Waals surface area contributed by atoms with Crippen molar-refractivity contribution in [3.05, 3.63) is 77.1 Å². The van der Waals surface area contributed by atoms with Gasteiger partial charge in [0, 0.05) is 24.2 Å². The number of carbonyl (C=O) groups is 2. The topological polar surface area (TPSA) is 60.9 Å². The molecule has 27 heavy (non-hydrogen) atoms. The molecule has 2 aromatic carbocycles. The first-order chi connectivity index (χ1) is 12.9. The maximum Gasteiger partial charge on any atom is 0.295 e. The van der Waals surface area contributed by atoms with Crippen LogP contribution >= 0.6 is 0 Å². The van der Waals surface area contributed by atoms with Crippen LogP contribution in [-0.2, 0) is 9.59 Å². The number of aliphatic hydroxyl groups is 1. The fraction of sp³-hybridized carbons (Fsp3) is 0.238. The molecule has 1 saturated heterocycles. The van der Waals surface area contributed by atoms with Gasteiger partial charge in [0.1, 0.15) is 11.6 Å². The van der Waals surface area contributed by atoms with Crippen LogP contribution in [0.3, 0.4) is 0 Å². The minimum Gasteiger partial charge on any atom is -0.507 e. The first-order valence-electron chi connectivity index (χ1n) is 8.64. The number of carbonyl (C=O) groups excluding carboxylic acids is 2. The Morgan fingerprint density at radius 3 is 2.33 bits per heavy atom. The highest BCUT2D eigenvalue weighted by molar-refractivity contribution is 6.46. The number of hydrogen-bond acceptors (Lipinski definition) is 4. The third-order valence-electron chi connectivity index (χ3n) is 4.58. The van der Waals surface area contributed by atoms with Gasteiger partial charge in [0.15, 0.2) is 0 Å². The van der Waals surface area contributed by atoms with Gasteiger partial charge < -0.3 is 14.9 Å². The van der Waals surface area contributed by atoms with Crippen molar-refractivity contribution in [1.82, 2.24) is 9.80 Å². The summed E-state index contributed by atoms with van der Waals surface area (Å²) in [5.41, 5.74) is 0.507. The van der Waals surface area contributed by atoms with Crippen LogP contribution in [0.5, 0.6) is 0 Å². The lowest BCUT2D eigenvalue weighted by Gasteiger charge is -2.26. The molecule has 1 aliphatic heterocycles. The number of likely N-dealkylation sites (N-methyl/N-ethyl adjacent to an activating group) is 1. The van der Waals surface area contributed by atoms with Gasteiger partial charge in [-0.15, -0.1) is 0 Å². The molecule has 140 valence electrons. The summed E-state index contributed by atoms with van der Waals surface area (Å²) in [5.74, 6) is -2.36. The van der Waals surface area contributed by atoms with Crippen LogP contribution in [0, 0.1) is 5.82 Å². The molecule has 2 aromatic rings. The molecule has 0 aliphatic carbocycles. The summed E-state index contributed by atoms with van der Waals surface area (Å²) in [6, 6.07) is 13.5. The molecule has 0 aromatic heterocycles. The molecule has 1 atom stereocenters. The lowest BCUT2D eigenvalue weighted by atomic mass is 9.95.